The van der Waals surface area contributed by atoms with Crippen molar-refractivity contribution >= 4 is 5.91 Å². The number of carbonyl (C=O) groups excluding carboxylic acids is 1. The minimum Gasteiger partial charge on any atom is -0.345 e. The lowest BCUT2D eigenvalue weighted by Gasteiger charge is -2.10. The van der Waals surface area contributed by atoms with E-state index in [0.29, 0.717) is 0 Å². The molecule has 0 saturated carbocycles. The SMILES string of the molecule is Cc1ccc(C2CCN(C)C2=O)cc1. The molecule has 0 aliphatic carbocycles. The van der Waals surface area contributed by atoms with Crippen LogP contribution >= 0.6 is 0 Å². The van der Waals surface area contributed by atoms with Crippen LogP contribution in [0.15, 0.2) is 24.3 Å². The summed E-state index contributed by atoms with van der Waals surface area (Å²) in [6.45, 7) is 2.95. The van der Waals surface area contributed by atoms with Crippen LogP contribution in [0.4, 0.5) is 0 Å². The second kappa shape index (κ2) is 3.45. The second-order valence-corrected chi connectivity index (χ2v) is 4.01. The van der Waals surface area contributed by atoms with Gasteiger partial charge in [-0.05, 0) is 18.9 Å². The van der Waals surface area contributed by atoms with Gasteiger partial charge in [-0.1, -0.05) is 29.8 Å². The summed E-state index contributed by atoms with van der Waals surface area (Å²) in [6, 6.07) is 8.27. The summed E-state index contributed by atoms with van der Waals surface area (Å²) in [4.78, 5) is 13.5. The summed E-state index contributed by atoms with van der Waals surface area (Å²) >= 11 is 0. The molecule has 1 amide bonds. The molecule has 1 atom stereocenters. The molecule has 0 bridgehead atoms. The Morgan fingerprint density at radius 2 is 1.93 bits per heavy atom. The molecule has 2 heteroatoms. The maximum absolute atomic E-state index is 11.7. The maximum atomic E-state index is 11.7. The lowest BCUT2D eigenvalue weighted by atomic mass is 9.97. The molecule has 1 aliphatic rings. The maximum Gasteiger partial charge on any atom is 0.229 e. The Bertz CT molecular complexity index is 342. The van der Waals surface area contributed by atoms with E-state index in [-0.39, 0.29) is 11.8 Å². The Balaban J connectivity index is 2.24. The lowest BCUT2D eigenvalue weighted by molar-refractivity contribution is -0.127. The highest BCUT2D eigenvalue weighted by atomic mass is 16.2. The summed E-state index contributed by atoms with van der Waals surface area (Å²) in [5.74, 6) is 0.356. The standard InChI is InChI=1S/C12H15NO/c1-9-3-5-10(6-4-9)11-7-8-13(2)12(11)14/h3-6,11H,7-8H2,1-2H3. The van der Waals surface area contributed by atoms with Gasteiger partial charge in [0, 0.05) is 13.6 Å². The van der Waals surface area contributed by atoms with Crippen molar-refractivity contribution in [1.82, 2.24) is 4.90 Å². The smallest absolute Gasteiger partial charge is 0.229 e. The third-order valence-electron chi connectivity index (χ3n) is 2.91. The fourth-order valence-electron chi connectivity index (χ4n) is 1.93. The molecule has 2 nitrogen and oxygen atoms in total. The zero-order chi connectivity index (χ0) is 10.1. The average Bonchev–Trinajstić information content (AvgIpc) is 2.50. The van der Waals surface area contributed by atoms with Crippen LogP contribution in [-0.4, -0.2) is 24.4 Å². The minimum atomic E-state index is 0.0978. The number of benzene rings is 1. The molecule has 2 rings (SSSR count). The number of hydrogen-bond acceptors (Lipinski definition) is 1. The van der Waals surface area contributed by atoms with Gasteiger partial charge in [0.25, 0.3) is 0 Å². The van der Waals surface area contributed by atoms with Crippen molar-refractivity contribution in [2.75, 3.05) is 13.6 Å². The Kier molecular flexibility index (Phi) is 2.28. The molecule has 1 aliphatic heterocycles. The summed E-state index contributed by atoms with van der Waals surface area (Å²) in [5, 5.41) is 0. The van der Waals surface area contributed by atoms with E-state index in [1.165, 1.54) is 5.56 Å². The van der Waals surface area contributed by atoms with E-state index in [9.17, 15) is 4.79 Å². The van der Waals surface area contributed by atoms with Gasteiger partial charge in [0.05, 0.1) is 5.92 Å². The third kappa shape index (κ3) is 1.52. The van der Waals surface area contributed by atoms with E-state index < -0.39 is 0 Å². The van der Waals surface area contributed by atoms with Gasteiger partial charge in [-0.25, -0.2) is 0 Å². The first kappa shape index (κ1) is 9.25. The lowest BCUT2D eigenvalue weighted by Crippen LogP contribution is -2.21. The van der Waals surface area contributed by atoms with Gasteiger partial charge < -0.3 is 4.90 Å². The van der Waals surface area contributed by atoms with Crippen molar-refractivity contribution in [3.8, 4) is 0 Å². The molecular weight excluding hydrogens is 174 g/mol. The monoisotopic (exact) mass is 189 g/mol. The Labute approximate surface area is 84.5 Å². The van der Waals surface area contributed by atoms with Gasteiger partial charge in [-0.2, -0.15) is 0 Å². The molecule has 1 fully saturated rings. The number of likely N-dealkylation sites (N-methyl/N-ethyl adjacent to an activating group) is 1. The number of likely N-dealkylation sites (tertiary alicyclic amines) is 1. The molecule has 14 heavy (non-hydrogen) atoms. The van der Waals surface area contributed by atoms with Crippen LogP contribution in [0, 0.1) is 6.92 Å². The number of hydrogen-bond donors (Lipinski definition) is 0. The molecule has 0 spiro atoms. The normalized spacial score (nSPS) is 21.7. The van der Waals surface area contributed by atoms with Crippen LogP contribution in [-0.2, 0) is 4.79 Å². The third-order valence-corrected chi connectivity index (χ3v) is 2.91. The first-order valence-corrected chi connectivity index (χ1v) is 5.00. The summed E-state index contributed by atoms with van der Waals surface area (Å²) in [6.07, 6.45) is 0.957. The Morgan fingerprint density at radius 3 is 2.43 bits per heavy atom. The predicted octanol–water partition coefficient (Wildman–Crippen LogP) is 1.94. The van der Waals surface area contributed by atoms with Gasteiger partial charge in [0.2, 0.25) is 5.91 Å². The largest absolute Gasteiger partial charge is 0.345 e. The van der Waals surface area contributed by atoms with Crippen LogP contribution in [0.1, 0.15) is 23.5 Å². The molecule has 0 aromatic heterocycles. The second-order valence-electron chi connectivity index (χ2n) is 4.01. The van der Waals surface area contributed by atoms with E-state index in [1.54, 1.807) is 0 Å². The number of carbonyl (C=O) groups is 1. The van der Waals surface area contributed by atoms with E-state index in [2.05, 4.69) is 31.2 Å². The van der Waals surface area contributed by atoms with Crippen LogP contribution in [0.25, 0.3) is 0 Å². The van der Waals surface area contributed by atoms with Gasteiger partial charge >= 0.3 is 0 Å². The van der Waals surface area contributed by atoms with Gasteiger partial charge in [0.1, 0.15) is 0 Å². The minimum absolute atomic E-state index is 0.0978. The Hall–Kier alpha value is -1.31. The van der Waals surface area contributed by atoms with Gasteiger partial charge in [-0.3, -0.25) is 4.79 Å². The van der Waals surface area contributed by atoms with Gasteiger partial charge in [-0.15, -0.1) is 0 Å². The molecule has 1 heterocycles. The quantitative estimate of drug-likeness (QED) is 0.661. The van der Waals surface area contributed by atoms with Crippen molar-refractivity contribution in [2.45, 2.75) is 19.3 Å². The topological polar surface area (TPSA) is 20.3 Å². The molecule has 1 unspecified atom stereocenters. The average molecular weight is 189 g/mol. The predicted molar refractivity (Wildman–Crippen MR) is 56.2 cm³/mol. The summed E-state index contributed by atoms with van der Waals surface area (Å²) < 4.78 is 0. The number of amides is 1. The first-order valence-electron chi connectivity index (χ1n) is 5.00. The Morgan fingerprint density at radius 1 is 1.29 bits per heavy atom. The van der Waals surface area contributed by atoms with Crippen LogP contribution in [0.5, 0.6) is 0 Å². The number of aryl methyl sites for hydroxylation is 1. The molecule has 1 aromatic rings. The number of nitrogens with zero attached hydrogens (tertiary/aromatic N) is 1. The zero-order valence-corrected chi connectivity index (χ0v) is 8.66. The highest BCUT2D eigenvalue weighted by molar-refractivity contribution is 5.85. The molecule has 1 saturated heterocycles. The fraction of sp³-hybridized carbons (Fsp3) is 0.417. The van der Waals surface area contributed by atoms with Gasteiger partial charge in [0.15, 0.2) is 0 Å². The van der Waals surface area contributed by atoms with Crippen molar-refractivity contribution < 1.29 is 4.79 Å². The highest BCUT2D eigenvalue weighted by Crippen LogP contribution is 2.27. The number of rotatable bonds is 1. The van der Waals surface area contributed by atoms with Crippen molar-refractivity contribution in [3.05, 3.63) is 35.4 Å². The molecule has 1 aromatic carbocycles. The van der Waals surface area contributed by atoms with Crippen LogP contribution in [0.2, 0.25) is 0 Å². The van der Waals surface area contributed by atoms with E-state index in [0.717, 1.165) is 18.5 Å². The van der Waals surface area contributed by atoms with E-state index >= 15 is 0 Å². The summed E-state index contributed by atoms with van der Waals surface area (Å²) in [7, 11) is 1.87. The molecule has 0 radical (unpaired) electrons. The molecular formula is C12H15NO. The van der Waals surface area contributed by atoms with Crippen molar-refractivity contribution in [1.29, 1.82) is 0 Å². The van der Waals surface area contributed by atoms with E-state index in [4.69, 9.17) is 0 Å². The van der Waals surface area contributed by atoms with Crippen LogP contribution in [0.3, 0.4) is 0 Å². The van der Waals surface area contributed by atoms with Crippen molar-refractivity contribution in [3.63, 3.8) is 0 Å². The van der Waals surface area contributed by atoms with Crippen molar-refractivity contribution in [2.24, 2.45) is 0 Å². The van der Waals surface area contributed by atoms with Crippen LogP contribution < -0.4 is 0 Å². The summed E-state index contributed by atoms with van der Waals surface area (Å²) in [5.41, 5.74) is 2.40. The zero-order valence-electron chi connectivity index (χ0n) is 8.66. The first-order chi connectivity index (χ1) is 6.68. The molecule has 74 valence electrons. The fourth-order valence-corrected chi connectivity index (χ4v) is 1.93. The van der Waals surface area contributed by atoms with E-state index in [1.807, 2.05) is 11.9 Å². The molecule has 0 N–H and O–H groups in total. The highest BCUT2D eigenvalue weighted by Gasteiger charge is 2.29.